The number of nitrogens with one attached hydrogen (secondary N) is 1. The van der Waals surface area contributed by atoms with Crippen LogP contribution in [0.25, 0.3) is 0 Å². The van der Waals surface area contributed by atoms with Crippen molar-refractivity contribution in [1.29, 1.82) is 0 Å². The van der Waals surface area contributed by atoms with E-state index in [2.05, 4.69) is 10.3 Å². The number of fused-ring (bicyclic) bond motifs is 1. The molecule has 6 nitrogen and oxygen atoms in total. The highest BCUT2D eigenvalue weighted by Gasteiger charge is 2.28. The van der Waals surface area contributed by atoms with Crippen molar-refractivity contribution in [2.45, 2.75) is 19.6 Å². The first kappa shape index (κ1) is 17.0. The van der Waals surface area contributed by atoms with E-state index in [0.29, 0.717) is 32.0 Å². The Morgan fingerprint density at radius 1 is 0.963 bits per heavy atom. The summed E-state index contributed by atoms with van der Waals surface area (Å²) in [5.41, 5.74) is 2.36. The Kier molecular flexibility index (Phi) is 4.70. The highest BCUT2D eigenvalue weighted by Crippen LogP contribution is 2.16. The van der Waals surface area contributed by atoms with Gasteiger partial charge in [-0.15, -0.1) is 0 Å². The maximum Gasteiger partial charge on any atom is 0.290 e. The van der Waals surface area contributed by atoms with Crippen LogP contribution >= 0.6 is 0 Å². The number of carbonyl (C=O) groups is 2. The Hall–Kier alpha value is -3.41. The Labute approximate surface area is 157 Å². The molecule has 4 rings (SSSR count). The lowest BCUT2D eigenvalue weighted by Gasteiger charge is -2.27. The van der Waals surface area contributed by atoms with Crippen LogP contribution < -0.4 is 5.32 Å². The molecular weight excluding hydrogens is 340 g/mol. The van der Waals surface area contributed by atoms with Gasteiger partial charge in [0.05, 0.1) is 0 Å². The zero-order valence-corrected chi connectivity index (χ0v) is 14.8. The number of rotatable bonds is 5. The molecule has 0 atom stereocenters. The molecule has 0 saturated carbocycles. The smallest absolute Gasteiger partial charge is 0.290 e. The first-order chi connectivity index (χ1) is 13.2. The normalized spacial score (nSPS) is 13.3. The van der Waals surface area contributed by atoms with Crippen LogP contribution in [0, 0.1) is 0 Å². The van der Waals surface area contributed by atoms with Crippen LogP contribution in [-0.4, -0.2) is 32.8 Å². The first-order valence-corrected chi connectivity index (χ1v) is 8.93. The molecule has 1 N–H and O–H groups in total. The molecule has 2 aromatic carbocycles. The summed E-state index contributed by atoms with van der Waals surface area (Å²) in [4.78, 5) is 31.2. The summed E-state index contributed by atoms with van der Waals surface area (Å²) in [5.74, 6) is -0.0996. The summed E-state index contributed by atoms with van der Waals surface area (Å²) in [6.07, 6.45) is 1.66. The summed E-state index contributed by atoms with van der Waals surface area (Å²) in [5, 5.41) is 2.85. The van der Waals surface area contributed by atoms with Crippen molar-refractivity contribution in [1.82, 2.24) is 19.8 Å². The summed E-state index contributed by atoms with van der Waals surface area (Å²) in [7, 11) is 0. The van der Waals surface area contributed by atoms with Crippen LogP contribution in [-0.2, 0) is 19.6 Å². The van der Waals surface area contributed by atoms with E-state index in [0.717, 1.165) is 11.1 Å². The number of hydrogen-bond donors (Lipinski definition) is 1. The molecule has 1 aromatic heterocycles. The molecule has 0 spiro atoms. The molecular formula is C21H20N4O2. The molecule has 0 fully saturated rings. The Morgan fingerprint density at radius 2 is 1.63 bits per heavy atom. The highest BCUT2D eigenvalue weighted by molar-refractivity contribution is 5.96. The van der Waals surface area contributed by atoms with E-state index in [1.807, 2.05) is 60.7 Å². The average Bonchev–Trinajstić information content (AvgIpc) is 3.15. The molecule has 1 aliphatic heterocycles. The fraction of sp³-hybridized carbons (Fsp3) is 0.190. The predicted octanol–water partition coefficient (Wildman–Crippen LogP) is 2.47. The standard InChI is InChI=1S/C21H20N4O2/c26-20(22-13-16-7-3-1-4-8-16)18-15-24-11-12-25(21(27)19(24)23-18)14-17-9-5-2-6-10-17/h1-10,15H,11-14H2,(H,22,26). The van der Waals surface area contributed by atoms with Gasteiger partial charge in [0.15, 0.2) is 5.82 Å². The van der Waals surface area contributed by atoms with Crippen LogP contribution in [0.15, 0.2) is 66.9 Å². The summed E-state index contributed by atoms with van der Waals surface area (Å²) in [6.45, 7) is 2.20. The van der Waals surface area contributed by atoms with Crippen molar-refractivity contribution in [2.75, 3.05) is 6.54 Å². The topological polar surface area (TPSA) is 67.2 Å². The number of amides is 2. The molecule has 3 aromatic rings. The molecule has 2 heterocycles. The van der Waals surface area contributed by atoms with Crippen molar-refractivity contribution in [2.24, 2.45) is 0 Å². The quantitative estimate of drug-likeness (QED) is 0.760. The van der Waals surface area contributed by atoms with Gasteiger partial charge in [-0.05, 0) is 11.1 Å². The minimum Gasteiger partial charge on any atom is -0.347 e. The zero-order chi connectivity index (χ0) is 18.6. The Balaban J connectivity index is 1.44. The lowest BCUT2D eigenvalue weighted by atomic mass is 10.2. The molecule has 0 aliphatic carbocycles. The highest BCUT2D eigenvalue weighted by atomic mass is 16.2. The minimum absolute atomic E-state index is 0.146. The second kappa shape index (κ2) is 7.45. The van der Waals surface area contributed by atoms with E-state index in [1.54, 1.807) is 15.7 Å². The van der Waals surface area contributed by atoms with E-state index in [-0.39, 0.29) is 17.5 Å². The average molecular weight is 360 g/mol. The lowest BCUT2D eigenvalue weighted by molar-refractivity contribution is 0.0683. The molecule has 0 bridgehead atoms. The fourth-order valence-corrected chi connectivity index (χ4v) is 3.16. The van der Waals surface area contributed by atoms with Crippen molar-refractivity contribution < 1.29 is 9.59 Å². The zero-order valence-electron chi connectivity index (χ0n) is 14.8. The van der Waals surface area contributed by atoms with Crippen molar-refractivity contribution in [3.63, 3.8) is 0 Å². The molecule has 0 saturated heterocycles. The number of carbonyl (C=O) groups excluding carboxylic acids is 2. The van der Waals surface area contributed by atoms with E-state index in [1.165, 1.54) is 0 Å². The van der Waals surface area contributed by atoms with Crippen molar-refractivity contribution in [3.8, 4) is 0 Å². The fourth-order valence-electron chi connectivity index (χ4n) is 3.16. The van der Waals surface area contributed by atoms with E-state index >= 15 is 0 Å². The summed E-state index contributed by atoms with van der Waals surface area (Å²) in [6, 6.07) is 19.5. The van der Waals surface area contributed by atoms with Crippen LogP contribution in [0.3, 0.4) is 0 Å². The van der Waals surface area contributed by atoms with Gasteiger partial charge in [-0.1, -0.05) is 60.7 Å². The molecule has 6 heteroatoms. The second-order valence-corrected chi connectivity index (χ2v) is 6.52. The minimum atomic E-state index is -0.275. The molecule has 0 radical (unpaired) electrons. The van der Waals surface area contributed by atoms with Crippen LogP contribution in [0.4, 0.5) is 0 Å². The maximum atomic E-state index is 12.7. The maximum absolute atomic E-state index is 12.7. The second-order valence-electron chi connectivity index (χ2n) is 6.52. The number of nitrogens with zero attached hydrogens (tertiary/aromatic N) is 3. The molecule has 0 unspecified atom stereocenters. The van der Waals surface area contributed by atoms with Gasteiger partial charge >= 0.3 is 0 Å². The molecule has 1 aliphatic rings. The number of imidazole rings is 1. The van der Waals surface area contributed by atoms with Gasteiger partial charge in [0, 0.05) is 32.4 Å². The van der Waals surface area contributed by atoms with Crippen LogP contribution in [0.2, 0.25) is 0 Å². The third-order valence-corrected chi connectivity index (χ3v) is 4.61. The number of benzene rings is 2. The third kappa shape index (κ3) is 3.74. The van der Waals surface area contributed by atoms with Gasteiger partial charge in [-0.25, -0.2) is 4.98 Å². The largest absolute Gasteiger partial charge is 0.347 e. The number of aromatic nitrogens is 2. The first-order valence-electron chi connectivity index (χ1n) is 8.93. The summed E-state index contributed by atoms with van der Waals surface area (Å²) >= 11 is 0. The van der Waals surface area contributed by atoms with Gasteiger partial charge in [0.25, 0.3) is 11.8 Å². The van der Waals surface area contributed by atoms with Gasteiger partial charge in [-0.2, -0.15) is 0 Å². The Bertz CT molecular complexity index is 951. The third-order valence-electron chi connectivity index (χ3n) is 4.61. The Morgan fingerprint density at radius 3 is 2.33 bits per heavy atom. The van der Waals surface area contributed by atoms with E-state index in [9.17, 15) is 9.59 Å². The summed E-state index contributed by atoms with van der Waals surface area (Å²) < 4.78 is 1.77. The van der Waals surface area contributed by atoms with Crippen molar-refractivity contribution in [3.05, 3.63) is 89.5 Å². The van der Waals surface area contributed by atoms with Gasteiger partial charge in [0.1, 0.15) is 5.69 Å². The molecule has 2 amide bonds. The van der Waals surface area contributed by atoms with Gasteiger partial charge in [-0.3, -0.25) is 9.59 Å². The van der Waals surface area contributed by atoms with Gasteiger partial charge < -0.3 is 14.8 Å². The van der Waals surface area contributed by atoms with Crippen molar-refractivity contribution >= 4 is 11.8 Å². The molecule has 136 valence electrons. The molecule has 27 heavy (non-hydrogen) atoms. The van der Waals surface area contributed by atoms with Crippen LogP contribution in [0.1, 0.15) is 32.2 Å². The number of hydrogen-bond acceptors (Lipinski definition) is 3. The monoisotopic (exact) mass is 360 g/mol. The lowest BCUT2D eigenvalue weighted by Crippen LogP contribution is -2.39. The van der Waals surface area contributed by atoms with Gasteiger partial charge in [0.2, 0.25) is 0 Å². The predicted molar refractivity (Wildman–Crippen MR) is 101 cm³/mol. The van der Waals surface area contributed by atoms with Crippen LogP contribution in [0.5, 0.6) is 0 Å². The SMILES string of the molecule is O=C(NCc1ccccc1)c1cn2c(n1)C(=O)N(Cc1ccccc1)CC2. The van der Waals surface area contributed by atoms with E-state index in [4.69, 9.17) is 0 Å². The van der Waals surface area contributed by atoms with E-state index < -0.39 is 0 Å².